The smallest absolute Gasteiger partial charge is 0.00682 e. The molecule has 0 heterocycles. The third-order valence-electron chi connectivity index (χ3n) is 1.78. The lowest BCUT2D eigenvalue weighted by Crippen LogP contribution is -2.12. The van der Waals surface area contributed by atoms with Crippen molar-refractivity contribution >= 4 is 12.8 Å². The number of thiol groups is 1. The van der Waals surface area contributed by atoms with Crippen LogP contribution in [0.5, 0.6) is 0 Å². The Hall–Kier alpha value is -0.270. The number of hydrogen-bond acceptors (Lipinski definition) is 4. The molecule has 0 bridgehead atoms. The quantitative estimate of drug-likeness (QED) is 0.463. The van der Waals surface area contributed by atoms with Crippen LogP contribution in [0, 0.1) is 5.41 Å². The van der Waals surface area contributed by atoms with E-state index in [9.17, 15) is 0 Å². The molecule has 0 aliphatic heterocycles. The van der Waals surface area contributed by atoms with Crippen LogP contribution in [-0.4, -0.2) is 31.1 Å². The summed E-state index contributed by atoms with van der Waals surface area (Å²) in [5.74, 6) is 0. The SMILES string of the molecule is C=C(C)N.CCC(C)(C)C.CNCCCNS.O.O. The molecule has 0 radical (unpaired) electrons. The van der Waals surface area contributed by atoms with Gasteiger partial charge in [-0.2, -0.15) is 0 Å². The Morgan fingerprint density at radius 3 is 1.68 bits per heavy atom. The van der Waals surface area contributed by atoms with E-state index in [4.69, 9.17) is 5.73 Å². The van der Waals surface area contributed by atoms with Gasteiger partial charge in [-0.1, -0.05) is 53.5 Å². The van der Waals surface area contributed by atoms with Gasteiger partial charge in [0.15, 0.2) is 0 Å². The van der Waals surface area contributed by atoms with E-state index in [1.807, 2.05) is 7.05 Å². The minimum atomic E-state index is 0. The standard InChI is InChI=1S/C6H14.C4H12N2S.C3H7N.2H2O/c1-5-6(2,3)4;1-5-3-2-4-6-7;1-3(2)4;;/h5H2,1-4H3;5-7H,2-4H2,1H3;1,4H2,2H3;2*1H2. The van der Waals surface area contributed by atoms with Gasteiger partial charge in [0.25, 0.3) is 0 Å². The maximum atomic E-state index is 4.92. The Morgan fingerprint density at radius 1 is 1.21 bits per heavy atom. The Bertz CT molecular complexity index is 154. The van der Waals surface area contributed by atoms with Crippen LogP contribution in [-0.2, 0) is 0 Å². The molecule has 0 fully saturated rings. The van der Waals surface area contributed by atoms with Crippen molar-refractivity contribution in [2.24, 2.45) is 11.1 Å². The van der Waals surface area contributed by atoms with Crippen molar-refractivity contribution in [1.82, 2.24) is 10.0 Å². The van der Waals surface area contributed by atoms with E-state index < -0.39 is 0 Å². The van der Waals surface area contributed by atoms with E-state index in [1.165, 1.54) is 6.42 Å². The average Bonchev–Trinajstić information content (AvgIpc) is 2.18. The Kier molecular flexibility index (Phi) is 37.6. The molecule has 0 aliphatic rings. The normalized spacial score (nSPS) is 8.58. The first kappa shape index (κ1) is 31.2. The second kappa shape index (κ2) is 22.9. The van der Waals surface area contributed by atoms with Gasteiger partial charge < -0.3 is 22.0 Å². The molecular formula is C13H37N3O2S. The zero-order valence-corrected chi connectivity index (χ0v) is 14.5. The summed E-state index contributed by atoms with van der Waals surface area (Å²) in [5, 5.41) is 3.03. The van der Waals surface area contributed by atoms with Crippen LogP contribution in [0.25, 0.3) is 0 Å². The largest absolute Gasteiger partial charge is 0.412 e. The molecule has 0 unspecified atom stereocenters. The molecule has 0 rings (SSSR count). The summed E-state index contributed by atoms with van der Waals surface area (Å²) in [6.45, 7) is 16.1. The zero-order valence-electron chi connectivity index (χ0n) is 13.6. The molecule has 0 saturated heterocycles. The Labute approximate surface area is 125 Å². The van der Waals surface area contributed by atoms with Crippen LogP contribution in [0.2, 0.25) is 0 Å². The monoisotopic (exact) mass is 299 g/mol. The van der Waals surface area contributed by atoms with E-state index in [0.717, 1.165) is 19.5 Å². The molecule has 0 aromatic rings. The molecule has 0 aliphatic carbocycles. The predicted octanol–water partition coefficient (Wildman–Crippen LogP) is 1.30. The first-order valence-electron chi connectivity index (χ1n) is 6.13. The van der Waals surface area contributed by atoms with Crippen molar-refractivity contribution < 1.29 is 11.0 Å². The van der Waals surface area contributed by atoms with Crippen molar-refractivity contribution in [3.05, 3.63) is 12.3 Å². The van der Waals surface area contributed by atoms with Crippen molar-refractivity contribution in [2.75, 3.05) is 20.1 Å². The summed E-state index contributed by atoms with van der Waals surface area (Å²) >= 11 is 3.82. The number of hydrogen-bond donors (Lipinski definition) is 4. The molecule has 0 saturated carbocycles. The second-order valence-electron chi connectivity index (χ2n) is 5.13. The molecule has 122 valence electrons. The summed E-state index contributed by atoms with van der Waals surface area (Å²) in [7, 11) is 1.94. The van der Waals surface area contributed by atoms with Gasteiger partial charge in [0.05, 0.1) is 0 Å². The fraction of sp³-hybridized carbons (Fsp3) is 0.846. The number of rotatable bonds is 4. The minimum Gasteiger partial charge on any atom is -0.412 e. The highest BCUT2D eigenvalue weighted by atomic mass is 32.1. The Morgan fingerprint density at radius 2 is 1.53 bits per heavy atom. The molecule has 0 spiro atoms. The van der Waals surface area contributed by atoms with Gasteiger partial charge in [0.1, 0.15) is 0 Å². The maximum Gasteiger partial charge on any atom is 0.00682 e. The summed E-state index contributed by atoms with van der Waals surface area (Å²) in [6, 6.07) is 0. The van der Waals surface area contributed by atoms with Gasteiger partial charge in [-0.25, -0.2) is 0 Å². The lowest BCUT2D eigenvalue weighted by atomic mass is 9.94. The third kappa shape index (κ3) is 96.9. The zero-order chi connectivity index (χ0) is 14.3. The van der Waals surface area contributed by atoms with Gasteiger partial charge in [-0.05, 0) is 38.0 Å². The van der Waals surface area contributed by atoms with Gasteiger partial charge >= 0.3 is 0 Å². The van der Waals surface area contributed by atoms with Crippen LogP contribution in [0.3, 0.4) is 0 Å². The molecular weight excluding hydrogens is 262 g/mol. The molecule has 0 aromatic heterocycles. The van der Waals surface area contributed by atoms with Crippen LogP contribution in [0.15, 0.2) is 12.3 Å². The molecule has 8 N–H and O–H groups in total. The predicted molar refractivity (Wildman–Crippen MR) is 91.5 cm³/mol. The molecule has 0 aromatic carbocycles. The fourth-order valence-corrected chi connectivity index (χ4v) is 0.502. The fourth-order valence-electron chi connectivity index (χ4n) is 0.344. The molecule has 5 nitrogen and oxygen atoms in total. The van der Waals surface area contributed by atoms with E-state index in [-0.39, 0.29) is 11.0 Å². The number of allylic oxidation sites excluding steroid dienone is 1. The average molecular weight is 300 g/mol. The van der Waals surface area contributed by atoms with E-state index in [1.54, 1.807) is 6.92 Å². The van der Waals surface area contributed by atoms with Crippen molar-refractivity contribution in [2.45, 2.75) is 47.5 Å². The molecule has 0 amide bonds. The van der Waals surface area contributed by atoms with E-state index >= 15 is 0 Å². The van der Waals surface area contributed by atoms with Crippen LogP contribution >= 0.6 is 12.8 Å². The lowest BCUT2D eigenvalue weighted by Gasteiger charge is -2.12. The van der Waals surface area contributed by atoms with E-state index in [0.29, 0.717) is 11.1 Å². The van der Waals surface area contributed by atoms with Gasteiger partial charge in [-0.15, -0.1) is 0 Å². The summed E-state index contributed by atoms with van der Waals surface area (Å²) in [6.07, 6.45) is 2.41. The van der Waals surface area contributed by atoms with Crippen molar-refractivity contribution in [3.8, 4) is 0 Å². The van der Waals surface area contributed by atoms with Gasteiger partial charge in [0, 0.05) is 6.54 Å². The summed E-state index contributed by atoms with van der Waals surface area (Å²) in [5.41, 5.74) is 6.13. The summed E-state index contributed by atoms with van der Waals surface area (Å²) < 4.78 is 2.76. The van der Waals surface area contributed by atoms with Crippen LogP contribution < -0.4 is 15.8 Å². The first-order chi connectivity index (χ1) is 7.71. The summed E-state index contributed by atoms with van der Waals surface area (Å²) in [4.78, 5) is 0. The first-order valence-corrected chi connectivity index (χ1v) is 6.58. The highest BCUT2D eigenvalue weighted by molar-refractivity contribution is 7.78. The van der Waals surface area contributed by atoms with Crippen molar-refractivity contribution in [1.29, 1.82) is 0 Å². The van der Waals surface area contributed by atoms with Crippen molar-refractivity contribution in [3.63, 3.8) is 0 Å². The Balaban J connectivity index is -0.0000000506. The van der Waals surface area contributed by atoms with Crippen LogP contribution in [0.4, 0.5) is 0 Å². The molecule has 0 atom stereocenters. The molecule has 19 heavy (non-hydrogen) atoms. The molecule has 6 heteroatoms. The van der Waals surface area contributed by atoms with Crippen LogP contribution in [0.1, 0.15) is 47.5 Å². The highest BCUT2D eigenvalue weighted by Gasteiger charge is 2.03. The third-order valence-corrected chi connectivity index (χ3v) is 2.00. The van der Waals surface area contributed by atoms with E-state index in [2.05, 4.69) is 57.1 Å². The maximum absolute atomic E-state index is 4.92. The number of nitrogens with two attached hydrogens (primary N) is 1. The topological polar surface area (TPSA) is 113 Å². The second-order valence-corrected chi connectivity index (χ2v) is 5.44. The van der Waals surface area contributed by atoms with Gasteiger partial charge in [-0.3, -0.25) is 4.72 Å². The minimum absolute atomic E-state index is 0. The highest BCUT2D eigenvalue weighted by Crippen LogP contribution is 2.16. The lowest BCUT2D eigenvalue weighted by molar-refractivity contribution is 0.398. The number of nitrogens with one attached hydrogen (secondary N) is 2. The van der Waals surface area contributed by atoms with Gasteiger partial charge in [0.2, 0.25) is 0 Å².